The zero-order valence-electron chi connectivity index (χ0n) is 16.9. The Bertz CT molecular complexity index is 1060. The van der Waals surface area contributed by atoms with Crippen LogP contribution in [0.25, 0.3) is 5.69 Å². The highest BCUT2D eigenvalue weighted by molar-refractivity contribution is 6.05. The number of nitrogens with one attached hydrogen (secondary N) is 1. The van der Waals surface area contributed by atoms with Crippen LogP contribution in [0.2, 0.25) is 0 Å². The molecule has 30 heavy (non-hydrogen) atoms. The Morgan fingerprint density at radius 2 is 1.93 bits per heavy atom. The summed E-state index contributed by atoms with van der Waals surface area (Å²) in [6.07, 6.45) is -2.30. The van der Waals surface area contributed by atoms with Crippen molar-refractivity contribution >= 4 is 11.6 Å². The molecule has 1 heterocycles. The molecule has 0 atom stereocenters. The zero-order chi connectivity index (χ0) is 21.9. The Morgan fingerprint density at radius 3 is 2.63 bits per heavy atom. The van der Waals surface area contributed by atoms with Crippen LogP contribution >= 0.6 is 0 Å². The van der Waals surface area contributed by atoms with Crippen LogP contribution in [-0.2, 0) is 6.18 Å². The van der Waals surface area contributed by atoms with Crippen LogP contribution in [0.1, 0.15) is 40.5 Å². The van der Waals surface area contributed by atoms with E-state index in [-0.39, 0.29) is 11.3 Å². The molecule has 0 aliphatic rings. The van der Waals surface area contributed by atoms with Gasteiger partial charge in [-0.2, -0.15) is 18.3 Å². The summed E-state index contributed by atoms with van der Waals surface area (Å²) in [7, 11) is 0. The second-order valence-electron chi connectivity index (χ2n) is 6.91. The lowest BCUT2D eigenvalue weighted by Gasteiger charge is -2.13. The van der Waals surface area contributed by atoms with Crippen LogP contribution in [0.3, 0.4) is 0 Å². The van der Waals surface area contributed by atoms with E-state index in [0.29, 0.717) is 23.7 Å². The summed E-state index contributed by atoms with van der Waals surface area (Å²) < 4.78 is 46.1. The lowest BCUT2D eigenvalue weighted by molar-refractivity contribution is -0.137. The van der Waals surface area contributed by atoms with Crippen molar-refractivity contribution in [3.05, 3.63) is 71.0 Å². The second kappa shape index (κ2) is 8.61. The fourth-order valence-electron chi connectivity index (χ4n) is 2.96. The number of benzene rings is 2. The van der Waals surface area contributed by atoms with Crippen LogP contribution in [-0.4, -0.2) is 22.3 Å². The number of ether oxygens (including phenoxy) is 1. The van der Waals surface area contributed by atoms with Crippen molar-refractivity contribution in [3.63, 3.8) is 0 Å². The number of halogens is 3. The maximum absolute atomic E-state index is 13.0. The maximum atomic E-state index is 13.0. The van der Waals surface area contributed by atoms with Crippen molar-refractivity contribution in [2.45, 2.75) is 33.4 Å². The molecule has 0 aliphatic carbocycles. The van der Waals surface area contributed by atoms with Crippen molar-refractivity contribution in [2.75, 3.05) is 11.9 Å². The fraction of sp³-hybridized carbons (Fsp3) is 0.273. The Balaban J connectivity index is 1.87. The Hall–Kier alpha value is -3.29. The summed E-state index contributed by atoms with van der Waals surface area (Å²) in [6, 6.07) is 10.3. The first-order valence-corrected chi connectivity index (χ1v) is 9.47. The first-order chi connectivity index (χ1) is 14.2. The molecule has 1 amide bonds. The van der Waals surface area contributed by atoms with Gasteiger partial charge in [-0.15, -0.1) is 0 Å². The SMILES string of the molecule is CCCOc1cc(C)ccc1NC(=O)c1cnn(-c2cccc(C(F)(F)F)c2)c1C. The van der Waals surface area contributed by atoms with Gasteiger partial charge in [0.1, 0.15) is 5.75 Å². The van der Waals surface area contributed by atoms with Gasteiger partial charge in [0, 0.05) is 0 Å². The van der Waals surface area contributed by atoms with E-state index in [2.05, 4.69) is 10.4 Å². The van der Waals surface area contributed by atoms with Crippen LogP contribution in [0.15, 0.2) is 48.7 Å². The Morgan fingerprint density at radius 1 is 1.17 bits per heavy atom. The first-order valence-electron chi connectivity index (χ1n) is 9.47. The van der Waals surface area contributed by atoms with Crippen LogP contribution < -0.4 is 10.1 Å². The van der Waals surface area contributed by atoms with Crippen LogP contribution in [0, 0.1) is 13.8 Å². The van der Waals surface area contributed by atoms with Gasteiger partial charge in [-0.3, -0.25) is 4.79 Å². The lowest BCUT2D eigenvalue weighted by atomic mass is 10.1. The summed E-state index contributed by atoms with van der Waals surface area (Å²) in [5.74, 6) is 0.143. The minimum Gasteiger partial charge on any atom is -0.491 e. The van der Waals surface area contributed by atoms with Crippen molar-refractivity contribution < 1.29 is 22.7 Å². The predicted molar refractivity (Wildman–Crippen MR) is 108 cm³/mol. The molecule has 2 aromatic carbocycles. The number of carbonyl (C=O) groups is 1. The quantitative estimate of drug-likeness (QED) is 0.572. The van der Waals surface area contributed by atoms with E-state index in [1.807, 2.05) is 26.0 Å². The average molecular weight is 417 g/mol. The number of hydrogen-bond donors (Lipinski definition) is 1. The van der Waals surface area contributed by atoms with Crippen molar-refractivity contribution in [2.24, 2.45) is 0 Å². The summed E-state index contributed by atoms with van der Waals surface area (Å²) in [6.45, 7) is 6.05. The van der Waals surface area contributed by atoms with Gasteiger partial charge < -0.3 is 10.1 Å². The zero-order valence-corrected chi connectivity index (χ0v) is 16.9. The highest BCUT2D eigenvalue weighted by Gasteiger charge is 2.30. The fourth-order valence-corrected chi connectivity index (χ4v) is 2.96. The first kappa shape index (κ1) is 21.4. The summed E-state index contributed by atoms with van der Waals surface area (Å²) in [5, 5.41) is 6.92. The molecule has 3 aromatic rings. The number of aromatic nitrogens is 2. The number of alkyl halides is 3. The molecule has 3 rings (SSSR count). The van der Waals surface area contributed by atoms with Crippen LogP contribution in [0.5, 0.6) is 5.75 Å². The minimum atomic E-state index is -4.46. The van der Waals surface area contributed by atoms with E-state index in [0.717, 1.165) is 24.1 Å². The smallest absolute Gasteiger partial charge is 0.416 e. The monoisotopic (exact) mass is 417 g/mol. The molecule has 1 N–H and O–H groups in total. The number of amides is 1. The van der Waals surface area contributed by atoms with Crippen LogP contribution in [0.4, 0.5) is 18.9 Å². The molecule has 0 fully saturated rings. The van der Waals surface area contributed by atoms with Gasteiger partial charge in [0.2, 0.25) is 0 Å². The summed E-state index contributed by atoms with van der Waals surface area (Å²) >= 11 is 0. The molecule has 8 heteroatoms. The van der Waals surface area contributed by atoms with Gasteiger partial charge >= 0.3 is 6.18 Å². The van der Waals surface area contributed by atoms with E-state index >= 15 is 0 Å². The van der Waals surface area contributed by atoms with Crippen molar-refractivity contribution in [1.29, 1.82) is 0 Å². The topological polar surface area (TPSA) is 56.1 Å². The van der Waals surface area contributed by atoms with E-state index < -0.39 is 17.6 Å². The third-order valence-corrected chi connectivity index (χ3v) is 4.52. The van der Waals surface area contributed by atoms with E-state index in [1.54, 1.807) is 13.0 Å². The molecular weight excluding hydrogens is 395 g/mol. The van der Waals surface area contributed by atoms with Gasteiger partial charge in [0.15, 0.2) is 0 Å². The molecule has 0 saturated carbocycles. The van der Waals surface area contributed by atoms with E-state index in [1.165, 1.54) is 23.0 Å². The van der Waals surface area contributed by atoms with Crippen molar-refractivity contribution in [3.8, 4) is 11.4 Å². The molecule has 5 nitrogen and oxygen atoms in total. The average Bonchev–Trinajstić information content (AvgIpc) is 3.09. The molecule has 0 radical (unpaired) electrons. The lowest BCUT2D eigenvalue weighted by Crippen LogP contribution is -2.14. The molecule has 1 aromatic heterocycles. The molecular formula is C22H22F3N3O2. The molecule has 0 unspecified atom stereocenters. The number of hydrogen-bond acceptors (Lipinski definition) is 3. The summed E-state index contributed by atoms with van der Waals surface area (Å²) in [4.78, 5) is 12.8. The highest BCUT2D eigenvalue weighted by Crippen LogP contribution is 2.31. The Kier molecular flexibility index (Phi) is 6.14. The number of carbonyl (C=O) groups excluding carboxylic acids is 1. The van der Waals surface area contributed by atoms with E-state index in [4.69, 9.17) is 4.74 Å². The molecule has 0 spiro atoms. The maximum Gasteiger partial charge on any atom is 0.416 e. The summed E-state index contributed by atoms with van der Waals surface area (Å²) in [5.41, 5.74) is 1.64. The molecule has 0 aliphatic heterocycles. The molecule has 0 bridgehead atoms. The predicted octanol–water partition coefficient (Wildman–Crippen LogP) is 5.55. The number of nitrogens with zero attached hydrogens (tertiary/aromatic N) is 2. The van der Waals surface area contributed by atoms with Gasteiger partial charge in [-0.05, 0) is 56.2 Å². The van der Waals surface area contributed by atoms with E-state index in [9.17, 15) is 18.0 Å². The molecule has 158 valence electrons. The second-order valence-corrected chi connectivity index (χ2v) is 6.91. The Labute approximate surface area is 172 Å². The third kappa shape index (κ3) is 4.64. The number of rotatable bonds is 6. The van der Waals surface area contributed by atoms with Gasteiger partial charge in [-0.25, -0.2) is 4.68 Å². The number of aryl methyl sites for hydroxylation is 1. The minimum absolute atomic E-state index is 0.226. The normalized spacial score (nSPS) is 11.4. The molecule has 0 saturated heterocycles. The van der Waals surface area contributed by atoms with Crippen molar-refractivity contribution in [1.82, 2.24) is 9.78 Å². The van der Waals surface area contributed by atoms with Gasteiger partial charge in [0.05, 0.1) is 41.0 Å². The van der Waals surface area contributed by atoms with Gasteiger partial charge in [-0.1, -0.05) is 19.1 Å². The third-order valence-electron chi connectivity index (χ3n) is 4.52. The highest BCUT2D eigenvalue weighted by atomic mass is 19.4. The largest absolute Gasteiger partial charge is 0.491 e. The van der Waals surface area contributed by atoms with Gasteiger partial charge in [0.25, 0.3) is 5.91 Å². The standard InChI is InChI=1S/C22H22F3N3O2/c1-4-10-30-20-11-14(2)8-9-19(20)27-21(29)18-13-26-28(15(18)3)17-7-5-6-16(12-17)22(23,24)25/h5-9,11-13H,4,10H2,1-3H3,(H,27,29). The number of anilines is 1.